The van der Waals surface area contributed by atoms with Gasteiger partial charge in [-0.2, -0.15) is 0 Å². The summed E-state index contributed by atoms with van der Waals surface area (Å²) in [4.78, 5) is 9.21. The molecule has 1 aliphatic carbocycles. The van der Waals surface area contributed by atoms with E-state index >= 15 is 0 Å². The molecule has 104 valence electrons. The third-order valence-corrected chi connectivity index (χ3v) is 5.10. The van der Waals surface area contributed by atoms with Crippen molar-refractivity contribution in [1.82, 2.24) is 9.97 Å². The highest BCUT2D eigenvalue weighted by molar-refractivity contribution is 5.99. The Balaban J connectivity index is 2.19. The fourth-order valence-electron chi connectivity index (χ4n) is 3.55. The Hall–Kier alpha value is -2.22. The van der Waals surface area contributed by atoms with Crippen molar-refractivity contribution < 1.29 is 0 Å². The van der Waals surface area contributed by atoms with Gasteiger partial charge >= 0.3 is 0 Å². The van der Waals surface area contributed by atoms with Gasteiger partial charge < -0.3 is 0 Å². The lowest BCUT2D eigenvalue weighted by molar-refractivity contribution is 1.15. The van der Waals surface area contributed by atoms with E-state index < -0.39 is 0 Å². The number of fused-ring (bicyclic) bond motifs is 5. The summed E-state index contributed by atoms with van der Waals surface area (Å²) >= 11 is 0. The van der Waals surface area contributed by atoms with Crippen molar-refractivity contribution in [1.29, 1.82) is 0 Å². The Kier molecular flexibility index (Phi) is 2.47. The quantitative estimate of drug-likeness (QED) is 0.474. The summed E-state index contributed by atoms with van der Waals surface area (Å²) in [5.74, 6) is 0. The summed E-state index contributed by atoms with van der Waals surface area (Å²) in [5.41, 5.74) is 13.1. The van der Waals surface area contributed by atoms with Crippen LogP contribution in [0.1, 0.15) is 33.4 Å². The van der Waals surface area contributed by atoms with Gasteiger partial charge in [0.2, 0.25) is 0 Å². The molecule has 0 bridgehead atoms. The van der Waals surface area contributed by atoms with Gasteiger partial charge in [-0.15, -0.1) is 0 Å². The molecule has 0 aliphatic heterocycles. The molecule has 1 heterocycles. The first-order valence-corrected chi connectivity index (χ1v) is 7.41. The van der Waals surface area contributed by atoms with Gasteiger partial charge in [0, 0.05) is 18.0 Å². The van der Waals surface area contributed by atoms with Crippen LogP contribution >= 0.6 is 0 Å². The maximum absolute atomic E-state index is 4.64. The van der Waals surface area contributed by atoms with Crippen LogP contribution in [-0.4, -0.2) is 9.97 Å². The van der Waals surface area contributed by atoms with Crippen molar-refractivity contribution in [3.05, 3.63) is 57.9 Å². The highest BCUT2D eigenvalue weighted by Gasteiger charge is 2.26. The van der Waals surface area contributed by atoms with Crippen LogP contribution < -0.4 is 0 Å². The summed E-state index contributed by atoms with van der Waals surface area (Å²) in [6.07, 6.45) is 4.62. The van der Waals surface area contributed by atoms with E-state index in [4.69, 9.17) is 0 Å². The summed E-state index contributed by atoms with van der Waals surface area (Å²) in [5, 5.41) is 0. The minimum Gasteiger partial charge on any atom is -0.253 e. The number of aryl methyl sites for hydroxylation is 2. The molecule has 2 aromatic carbocycles. The van der Waals surface area contributed by atoms with Gasteiger partial charge in [-0.25, -0.2) is 0 Å². The van der Waals surface area contributed by atoms with Crippen molar-refractivity contribution in [3.63, 3.8) is 0 Å². The summed E-state index contributed by atoms with van der Waals surface area (Å²) in [6.45, 7) is 8.80. The van der Waals surface area contributed by atoms with Crippen molar-refractivity contribution in [3.8, 4) is 11.1 Å². The van der Waals surface area contributed by atoms with Crippen LogP contribution in [0, 0.1) is 27.7 Å². The van der Waals surface area contributed by atoms with Crippen molar-refractivity contribution in [2.45, 2.75) is 34.1 Å². The molecule has 0 amide bonds. The molecule has 1 aliphatic rings. The van der Waals surface area contributed by atoms with Gasteiger partial charge in [-0.05, 0) is 73.1 Å². The summed E-state index contributed by atoms with van der Waals surface area (Å²) in [6, 6.07) is 4.48. The molecule has 0 radical (unpaired) electrons. The lowest BCUT2D eigenvalue weighted by Gasteiger charge is -2.12. The largest absolute Gasteiger partial charge is 0.253 e. The van der Waals surface area contributed by atoms with E-state index in [1.807, 2.05) is 0 Å². The van der Waals surface area contributed by atoms with Gasteiger partial charge in [0.05, 0.1) is 11.0 Å². The number of hydrogen-bond donors (Lipinski definition) is 0. The highest BCUT2D eigenvalue weighted by Crippen LogP contribution is 2.44. The molecule has 3 aromatic rings. The second-order valence-electron chi connectivity index (χ2n) is 6.07. The third-order valence-electron chi connectivity index (χ3n) is 5.10. The molecular weight excluding hydrogens is 256 g/mol. The number of aromatic nitrogens is 2. The first-order valence-electron chi connectivity index (χ1n) is 7.41. The van der Waals surface area contributed by atoms with Gasteiger partial charge in [-0.1, -0.05) is 12.1 Å². The van der Waals surface area contributed by atoms with Gasteiger partial charge in [0.1, 0.15) is 0 Å². The van der Waals surface area contributed by atoms with E-state index in [-0.39, 0.29) is 0 Å². The molecule has 0 N–H and O–H groups in total. The van der Waals surface area contributed by atoms with Crippen molar-refractivity contribution in [2.24, 2.45) is 0 Å². The smallest absolute Gasteiger partial charge is 0.0970 e. The molecule has 2 nitrogen and oxygen atoms in total. The average Bonchev–Trinajstić information content (AvgIpc) is 2.89. The molecule has 0 fully saturated rings. The number of nitrogens with zero attached hydrogens (tertiary/aromatic N) is 2. The van der Waals surface area contributed by atoms with E-state index in [0.717, 1.165) is 17.5 Å². The van der Waals surface area contributed by atoms with Crippen LogP contribution in [-0.2, 0) is 6.42 Å². The molecular formula is C19H18N2. The fourth-order valence-corrected chi connectivity index (χ4v) is 3.55. The topological polar surface area (TPSA) is 25.8 Å². The zero-order valence-corrected chi connectivity index (χ0v) is 12.9. The molecule has 0 unspecified atom stereocenters. The Labute approximate surface area is 124 Å². The highest BCUT2D eigenvalue weighted by atomic mass is 14.8. The number of rotatable bonds is 0. The summed E-state index contributed by atoms with van der Waals surface area (Å²) in [7, 11) is 0. The number of benzene rings is 2. The second kappa shape index (κ2) is 4.14. The minimum atomic E-state index is 1.03. The first kappa shape index (κ1) is 12.5. The zero-order chi connectivity index (χ0) is 14.7. The molecule has 0 saturated heterocycles. The molecule has 0 atom stereocenters. The van der Waals surface area contributed by atoms with Crippen molar-refractivity contribution >= 4 is 11.0 Å². The first-order chi connectivity index (χ1) is 10.1. The predicted octanol–water partition coefficient (Wildman–Crippen LogP) is 4.43. The van der Waals surface area contributed by atoms with Crippen LogP contribution in [0.3, 0.4) is 0 Å². The maximum atomic E-state index is 4.64. The van der Waals surface area contributed by atoms with E-state index in [2.05, 4.69) is 49.8 Å². The van der Waals surface area contributed by atoms with Gasteiger partial charge in [0.15, 0.2) is 0 Å². The molecule has 2 heteroatoms. The molecule has 1 aromatic heterocycles. The van der Waals surface area contributed by atoms with Crippen LogP contribution in [0.25, 0.3) is 22.2 Å². The standard InChI is InChI=1S/C19H18N2/c1-10-5-6-14-15(11(10)2)9-16-12(3)13(4)18-19(17(14)16)21-8-7-20-18/h5-8H,9H2,1-4H3. The van der Waals surface area contributed by atoms with Crippen LogP contribution in [0.5, 0.6) is 0 Å². The minimum absolute atomic E-state index is 1.03. The van der Waals surface area contributed by atoms with Crippen LogP contribution in [0.2, 0.25) is 0 Å². The number of hydrogen-bond acceptors (Lipinski definition) is 2. The van der Waals surface area contributed by atoms with Crippen LogP contribution in [0.15, 0.2) is 24.5 Å². The van der Waals surface area contributed by atoms with E-state index in [9.17, 15) is 0 Å². The third kappa shape index (κ3) is 1.53. The lowest BCUT2D eigenvalue weighted by atomic mass is 9.95. The van der Waals surface area contributed by atoms with Crippen molar-refractivity contribution in [2.75, 3.05) is 0 Å². The Morgan fingerprint density at radius 3 is 2.24 bits per heavy atom. The lowest BCUT2D eigenvalue weighted by Crippen LogP contribution is -1.96. The Morgan fingerprint density at radius 1 is 0.762 bits per heavy atom. The molecule has 0 spiro atoms. The second-order valence-corrected chi connectivity index (χ2v) is 6.07. The maximum Gasteiger partial charge on any atom is 0.0970 e. The van der Waals surface area contributed by atoms with Crippen LogP contribution in [0.4, 0.5) is 0 Å². The van der Waals surface area contributed by atoms with E-state index in [1.54, 1.807) is 12.4 Å². The van der Waals surface area contributed by atoms with E-state index in [0.29, 0.717) is 0 Å². The Bertz CT molecular complexity index is 907. The molecule has 21 heavy (non-hydrogen) atoms. The fraction of sp³-hybridized carbons (Fsp3) is 0.263. The summed E-state index contributed by atoms with van der Waals surface area (Å²) < 4.78 is 0. The zero-order valence-electron chi connectivity index (χ0n) is 12.9. The average molecular weight is 274 g/mol. The Morgan fingerprint density at radius 2 is 1.48 bits per heavy atom. The predicted molar refractivity (Wildman–Crippen MR) is 86.7 cm³/mol. The van der Waals surface area contributed by atoms with Gasteiger partial charge in [-0.3, -0.25) is 9.97 Å². The molecule has 4 rings (SSSR count). The monoisotopic (exact) mass is 274 g/mol. The molecule has 0 saturated carbocycles. The van der Waals surface area contributed by atoms with Gasteiger partial charge in [0.25, 0.3) is 0 Å². The SMILES string of the molecule is Cc1ccc2c(c1C)Cc1c(C)c(C)c3nccnc3c1-2. The normalized spacial score (nSPS) is 12.6. The van der Waals surface area contributed by atoms with E-state index in [1.165, 1.54) is 44.5 Å².